The number of hydrogen-bond donors (Lipinski definition) is 1. The second kappa shape index (κ2) is 11.1. The molecule has 1 aromatic carbocycles. The molecule has 28 heavy (non-hydrogen) atoms. The topological polar surface area (TPSA) is 49.3 Å². The third kappa shape index (κ3) is 5.65. The van der Waals surface area contributed by atoms with Crippen molar-refractivity contribution < 1.29 is 9.47 Å². The highest BCUT2D eigenvalue weighted by molar-refractivity contribution is 14.0. The number of halogens is 1. The molecule has 0 aromatic heterocycles. The van der Waals surface area contributed by atoms with E-state index in [1.807, 2.05) is 7.05 Å². The molecule has 0 atom stereocenters. The SMILES string of the molecule is CN=C(NCCC1CCN(C)CC1)N1CCc2cc(OC)c(OC)cc2C1.I. The molecule has 0 spiro atoms. The largest absolute Gasteiger partial charge is 0.493 e. The number of aliphatic imine (C=N–C) groups is 1. The highest BCUT2D eigenvalue weighted by atomic mass is 127. The van der Waals surface area contributed by atoms with E-state index in [0.717, 1.165) is 49.4 Å². The summed E-state index contributed by atoms with van der Waals surface area (Å²) < 4.78 is 10.9. The van der Waals surface area contributed by atoms with E-state index in [0.29, 0.717) is 0 Å². The van der Waals surface area contributed by atoms with Gasteiger partial charge in [-0.3, -0.25) is 4.99 Å². The molecule has 0 saturated carbocycles. The van der Waals surface area contributed by atoms with Crippen LogP contribution in [0.25, 0.3) is 0 Å². The van der Waals surface area contributed by atoms with Gasteiger partial charge in [0.1, 0.15) is 0 Å². The molecule has 1 saturated heterocycles. The van der Waals surface area contributed by atoms with Gasteiger partial charge in [-0.05, 0) is 75.0 Å². The number of ether oxygens (including phenoxy) is 2. The van der Waals surface area contributed by atoms with Crippen molar-refractivity contribution in [3.8, 4) is 11.5 Å². The molecule has 0 radical (unpaired) electrons. The monoisotopic (exact) mass is 502 g/mol. The van der Waals surface area contributed by atoms with Crippen molar-refractivity contribution in [3.05, 3.63) is 23.3 Å². The first kappa shape index (κ1) is 23.1. The number of fused-ring (bicyclic) bond motifs is 1. The van der Waals surface area contributed by atoms with Gasteiger partial charge in [-0.15, -0.1) is 24.0 Å². The van der Waals surface area contributed by atoms with E-state index in [1.165, 1.54) is 43.5 Å². The summed E-state index contributed by atoms with van der Waals surface area (Å²) in [5.41, 5.74) is 2.63. The standard InChI is InChI=1S/C21H34N4O2.HI/c1-22-21(23-9-5-16-6-10-24(2)11-7-16)25-12-8-17-13-19(26-3)20(27-4)14-18(17)15-25;/h13-14,16H,5-12,15H2,1-4H3,(H,22,23);1H. The van der Waals surface area contributed by atoms with Gasteiger partial charge in [0.2, 0.25) is 0 Å². The summed E-state index contributed by atoms with van der Waals surface area (Å²) in [6, 6.07) is 4.22. The average molecular weight is 502 g/mol. The lowest BCUT2D eigenvalue weighted by atomic mass is 9.94. The van der Waals surface area contributed by atoms with Crippen molar-refractivity contribution >= 4 is 29.9 Å². The number of nitrogens with one attached hydrogen (secondary N) is 1. The zero-order chi connectivity index (χ0) is 19.2. The summed E-state index contributed by atoms with van der Waals surface area (Å²) in [6.45, 7) is 5.28. The number of nitrogens with zero attached hydrogens (tertiary/aromatic N) is 3. The fraction of sp³-hybridized carbons (Fsp3) is 0.667. The predicted octanol–water partition coefficient (Wildman–Crippen LogP) is 2.99. The van der Waals surface area contributed by atoms with Crippen molar-refractivity contribution in [2.24, 2.45) is 10.9 Å². The number of guanidine groups is 1. The zero-order valence-corrected chi connectivity index (χ0v) is 20.0. The Hall–Kier alpha value is -1.22. The summed E-state index contributed by atoms with van der Waals surface area (Å²) >= 11 is 0. The van der Waals surface area contributed by atoms with Crippen LogP contribution in [0.15, 0.2) is 17.1 Å². The molecule has 1 N–H and O–H groups in total. The van der Waals surface area contributed by atoms with Crippen molar-refractivity contribution in [2.75, 3.05) is 54.5 Å². The Balaban J connectivity index is 0.00000280. The second-order valence-corrected chi connectivity index (χ2v) is 7.66. The van der Waals surface area contributed by atoms with Gasteiger partial charge < -0.3 is 24.6 Å². The minimum atomic E-state index is 0. The average Bonchev–Trinajstić information content (AvgIpc) is 2.71. The first-order chi connectivity index (χ1) is 13.1. The van der Waals surface area contributed by atoms with E-state index in [9.17, 15) is 0 Å². The van der Waals surface area contributed by atoms with Crippen molar-refractivity contribution in [2.45, 2.75) is 32.2 Å². The van der Waals surface area contributed by atoms with Crippen molar-refractivity contribution in [3.63, 3.8) is 0 Å². The first-order valence-electron chi connectivity index (χ1n) is 10.0. The molecule has 2 aliphatic rings. The summed E-state index contributed by atoms with van der Waals surface area (Å²) in [4.78, 5) is 9.29. The lowest BCUT2D eigenvalue weighted by Gasteiger charge is -2.33. The van der Waals surface area contributed by atoms with Gasteiger partial charge in [0.25, 0.3) is 0 Å². The van der Waals surface area contributed by atoms with E-state index in [1.54, 1.807) is 14.2 Å². The number of piperidine rings is 1. The molecule has 2 heterocycles. The molecular formula is C21H35IN4O2. The van der Waals surface area contributed by atoms with E-state index in [2.05, 4.69) is 39.3 Å². The first-order valence-corrected chi connectivity index (χ1v) is 10.0. The molecule has 2 aliphatic heterocycles. The van der Waals surface area contributed by atoms with Crippen LogP contribution in [0.1, 0.15) is 30.4 Å². The lowest BCUT2D eigenvalue weighted by Crippen LogP contribution is -2.44. The van der Waals surface area contributed by atoms with Crippen LogP contribution in [0.3, 0.4) is 0 Å². The van der Waals surface area contributed by atoms with Crippen LogP contribution in [0, 0.1) is 5.92 Å². The summed E-state index contributed by atoms with van der Waals surface area (Å²) in [6.07, 6.45) is 4.85. The maximum atomic E-state index is 5.47. The summed E-state index contributed by atoms with van der Waals surface area (Å²) in [5, 5.41) is 3.59. The molecule has 3 rings (SSSR count). The Morgan fingerprint density at radius 3 is 2.36 bits per heavy atom. The van der Waals surface area contributed by atoms with Gasteiger partial charge in [0.05, 0.1) is 14.2 Å². The molecule has 0 bridgehead atoms. The predicted molar refractivity (Wildman–Crippen MR) is 125 cm³/mol. The van der Waals surface area contributed by atoms with E-state index >= 15 is 0 Å². The zero-order valence-electron chi connectivity index (χ0n) is 17.7. The Morgan fingerprint density at radius 1 is 1.11 bits per heavy atom. The maximum absolute atomic E-state index is 5.47. The summed E-state index contributed by atoms with van der Waals surface area (Å²) in [7, 11) is 7.47. The van der Waals surface area contributed by atoms with Crippen LogP contribution in [0.4, 0.5) is 0 Å². The Morgan fingerprint density at radius 2 is 1.75 bits per heavy atom. The molecular weight excluding hydrogens is 467 g/mol. The molecule has 7 heteroatoms. The smallest absolute Gasteiger partial charge is 0.193 e. The van der Waals surface area contributed by atoms with Gasteiger partial charge >= 0.3 is 0 Å². The van der Waals surface area contributed by atoms with E-state index in [4.69, 9.17) is 9.47 Å². The number of hydrogen-bond acceptors (Lipinski definition) is 4. The van der Waals surface area contributed by atoms with Gasteiger partial charge in [0.15, 0.2) is 17.5 Å². The van der Waals surface area contributed by atoms with E-state index < -0.39 is 0 Å². The molecule has 0 unspecified atom stereocenters. The highest BCUT2D eigenvalue weighted by Gasteiger charge is 2.22. The van der Waals surface area contributed by atoms with Crippen molar-refractivity contribution in [1.82, 2.24) is 15.1 Å². The third-order valence-electron chi connectivity index (χ3n) is 5.90. The second-order valence-electron chi connectivity index (χ2n) is 7.66. The van der Waals surface area contributed by atoms with Gasteiger partial charge in [-0.25, -0.2) is 0 Å². The molecule has 0 amide bonds. The number of benzene rings is 1. The Labute approximate surface area is 186 Å². The molecule has 0 aliphatic carbocycles. The molecule has 1 aromatic rings. The van der Waals surface area contributed by atoms with Gasteiger partial charge in [-0.2, -0.15) is 0 Å². The third-order valence-corrected chi connectivity index (χ3v) is 5.90. The van der Waals surface area contributed by atoms with Gasteiger partial charge in [-0.1, -0.05) is 0 Å². The van der Waals surface area contributed by atoms with Crippen molar-refractivity contribution in [1.29, 1.82) is 0 Å². The molecule has 1 fully saturated rings. The fourth-order valence-corrected chi connectivity index (χ4v) is 4.14. The number of likely N-dealkylation sites (tertiary alicyclic amines) is 1. The molecule has 6 nitrogen and oxygen atoms in total. The number of methoxy groups -OCH3 is 2. The minimum Gasteiger partial charge on any atom is -0.493 e. The van der Waals surface area contributed by atoms with Crippen LogP contribution >= 0.6 is 24.0 Å². The highest BCUT2D eigenvalue weighted by Crippen LogP contribution is 2.33. The van der Waals surface area contributed by atoms with E-state index in [-0.39, 0.29) is 24.0 Å². The van der Waals surface area contributed by atoms with Crippen LogP contribution in [-0.4, -0.2) is 70.3 Å². The van der Waals surface area contributed by atoms with Crippen LogP contribution in [0.2, 0.25) is 0 Å². The number of rotatable bonds is 5. The lowest BCUT2D eigenvalue weighted by molar-refractivity contribution is 0.212. The van der Waals surface area contributed by atoms with Crippen LogP contribution < -0.4 is 14.8 Å². The fourth-order valence-electron chi connectivity index (χ4n) is 4.14. The quantitative estimate of drug-likeness (QED) is 0.381. The Bertz CT molecular complexity index is 660. The molecule has 158 valence electrons. The van der Waals surface area contributed by atoms with Crippen LogP contribution in [0.5, 0.6) is 11.5 Å². The normalized spacial score (nSPS) is 18.3. The Kier molecular flexibility index (Phi) is 9.14. The minimum absolute atomic E-state index is 0. The summed E-state index contributed by atoms with van der Waals surface area (Å²) in [5.74, 6) is 3.45. The van der Waals surface area contributed by atoms with Crippen LogP contribution in [-0.2, 0) is 13.0 Å². The maximum Gasteiger partial charge on any atom is 0.193 e. The van der Waals surface area contributed by atoms with Gasteiger partial charge in [0, 0.05) is 26.7 Å².